The second kappa shape index (κ2) is 7.11. The van der Waals surface area contributed by atoms with Crippen LogP contribution in [0.5, 0.6) is 5.75 Å². The molecular weight excluding hydrogens is 358 g/mol. The first kappa shape index (κ1) is 18.4. The number of carbonyl (C=O) groups is 1. The van der Waals surface area contributed by atoms with E-state index in [4.69, 9.17) is 9.15 Å². The Kier molecular flexibility index (Phi) is 5.04. The second-order valence-electron chi connectivity index (χ2n) is 6.52. The Morgan fingerprint density at radius 1 is 1.38 bits per heavy atom. The molecule has 1 saturated heterocycles. The number of amides is 1. The van der Waals surface area contributed by atoms with Gasteiger partial charge in [-0.1, -0.05) is 0 Å². The summed E-state index contributed by atoms with van der Waals surface area (Å²) in [5.74, 6) is 0.423. The van der Waals surface area contributed by atoms with E-state index in [9.17, 15) is 18.0 Å². The number of benzene rings is 1. The van der Waals surface area contributed by atoms with Gasteiger partial charge in [0.25, 0.3) is 0 Å². The molecule has 7 nitrogen and oxygen atoms in total. The highest BCUT2D eigenvalue weighted by Crippen LogP contribution is 2.24. The number of ether oxygens (including phenoxy) is 1. The molecule has 0 saturated carbocycles. The third-order valence-electron chi connectivity index (χ3n) is 4.69. The summed E-state index contributed by atoms with van der Waals surface area (Å²) >= 11 is 0. The van der Waals surface area contributed by atoms with Crippen LogP contribution in [0.25, 0.3) is 11.0 Å². The van der Waals surface area contributed by atoms with Gasteiger partial charge in [-0.15, -0.1) is 0 Å². The van der Waals surface area contributed by atoms with Crippen molar-refractivity contribution in [2.45, 2.75) is 32.2 Å². The average Bonchev–Trinajstić information content (AvgIpc) is 2.92. The molecule has 1 aliphatic rings. The third kappa shape index (κ3) is 3.90. The standard InChI is InChI=1S/C18H21NO6S/c1-11-14-4-3-13(24-2)9-16(14)25-18(21)15(11)5-6-17(20)19-12-7-8-26(22,23)10-12/h3-4,9,12H,5-8,10H2,1-2H3,(H,19,20). The minimum atomic E-state index is -3.04. The maximum atomic E-state index is 12.3. The lowest BCUT2D eigenvalue weighted by atomic mass is 10.0. The smallest absolute Gasteiger partial charge is 0.339 e. The molecule has 1 fully saturated rings. The van der Waals surface area contributed by atoms with Crippen molar-refractivity contribution >= 4 is 26.7 Å². The molecule has 0 bridgehead atoms. The van der Waals surface area contributed by atoms with E-state index in [-0.39, 0.29) is 36.3 Å². The molecule has 1 aromatic heterocycles. The van der Waals surface area contributed by atoms with Crippen molar-refractivity contribution < 1.29 is 22.4 Å². The van der Waals surface area contributed by atoms with E-state index in [1.165, 1.54) is 7.11 Å². The van der Waals surface area contributed by atoms with Crippen molar-refractivity contribution in [3.8, 4) is 5.75 Å². The van der Waals surface area contributed by atoms with Crippen LogP contribution in [0.1, 0.15) is 24.0 Å². The van der Waals surface area contributed by atoms with Gasteiger partial charge in [0.15, 0.2) is 9.84 Å². The topological polar surface area (TPSA) is 103 Å². The van der Waals surface area contributed by atoms with Crippen LogP contribution in [0.4, 0.5) is 0 Å². The molecule has 2 heterocycles. The Bertz CT molecular complexity index is 1010. The van der Waals surface area contributed by atoms with Crippen molar-refractivity contribution in [3.63, 3.8) is 0 Å². The number of carbonyl (C=O) groups excluding carboxylic acids is 1. The molecule has 1 amide bonds. The third-order valence-corrected chi connectivity index (χ3v) is 6.46. The highest BCUT2D eigenvalue weighted by atomic mass is 32.2. The molecule has 0 spiro atoms. The van der Waals surface area contributed by atoms with E-state index < -0.39 is 15.5 Å². The summed E-state index contributed by atoms with van der Waals surface area (Å²) in [5.41, 5.74) is 1.20. The van der Waals surface area contributed by atoms with Crippen molar-refractivity contribution in [1.29, 1.82) is 0 Å². The number of rotatable bonds is 5. The Morgan fingerprint density at radius 3 is 2.81 bits per heavy atom. The van der Waals surface area contributed by atoms with E-state index in [1.807, 2.05) is 13.0 Å². The van der Waals surface area contributed by atoms with Gasteiger partial charge in [0, 0.05) is 29.5 Å². The Hall–Kier alpha value is -2.35. The molecule has 3 rings (SSSR count). The van der Waals surface area contributed by atoms with Gasteiger partial charge in [-0.05, 0) is 37.5 Å². The van der Waals surface area contributed by atoms with Gasteiger partial charge in [-0.3, -0.25) is 4.79 Å². The van der Waals surface area contributed by atoms with Gasteiger partial charge in [0.1, 0.15) is 11.3 Å². The molecule has 0 radical (unpaired) electrons. The monoisotopic (exact) mass is 379 g/mol. The number of nitrogens with one attached hydrogen (secondary N) is 1. The maximum absolute atomic E-state index is 12.3. The molecule has 140 valence electrons. The van der Waals surface area contributed by atoms with Gasteiger partial charge in [-0.25, -0.2) is 13.2 Å². The highest BCUT2D eigenvalue weighted by Gasteiger charge is 2.28. The fourth-order valence-electron chi connectivity index (χ4n) is 3.24. The summed E-state index contributed by atoms with van der Waals surface area (Å²) in [6.45, 7) is 1.82. The number of hydrogen-bond donors (Lipinski definition) is 1. The van der Waals surface area contributed by atoms with Crippen LogP contribution in [0.2, 0.25) is 0 Å². The fraction of sp³-hybridized carbons (Fsp3) is 0.444. The van der Waals surface area contributed by atoms with E-state index in [2.05, 4.69) is 5.32 Å². The first-order valence-corrected chi connectivity index (χ1v) is 10.2. The Balaban J connectivity index is 1.72. The summed E-state index contributed by atoms with van der Waals surface area (Å²) in [6, 6.07) is 4.92. The summed E-state index contributed by atoms with van der Waals surface area (Å²) in [5, 5.41) is 3.52. The molecule has 1 N–H and O–H groups in total. The van der Waals surface area contributed by atoms with Crippen molar-refractivity contribution in [2.75, 3.05) is 18.6 Å². The quantitative estimate of drug-likeness (QED) is 0.787. The predicted molar refractivity (Wildman–Crippen MR) is 97.3 cm³/mol. The minimum Gasteiger partial charge on any atom is -0.497 e. The van der Waals surface area contributed by atoms with Gasteiger partial charge < -0.3 is 14.5 Å². The van der Waals surface area contributed by atoms with E-state index in [0.717, 1.165) is 10.9 Å². The number of aryl methyl sites for hydroxylation is 1. The van der Waals surface area contributed by atoms with E-state index >= 15 is 0 Å². The minimum absolute atomic E-state index is 0.0162. The molecule has 8 heteroatoms. The lowest BCUT2D eigenvalue weighted by molar-refractivity contribution is -0.121. The molecule has 26 heavy (non-hydrogen) atoms. The van der Waals surface area contributed by atoms with Crippen LogP contribution in [-0.2, 0) is 21.1 Å². The summed E-state index contributed by atoms with van der Waals surface area (Å²) in [7, 11) is -1.51. The SMILES string of the molecule is COc1ccc2c(C)c(CCC(=O)NC3CCS(=O)(=O)C3)c(=O)oc2c1. The normalized spacial score (nSPS) is 18.8. The van der Waals surface area contributed by atoms with Gasteiger partial charge in [0.2, 0.25) is 5.91 Å². The van der Waals surface area contributed by atoms with Crippen LogP contribution >= 0.6 is 0 Å². The predicted octanol–water partition coefficient (Wildman–Crippen LogP) is 1.35. The molecule has 1 unspecified atom stereocenters. The van der Waals surface area contributed by atoms with E-state index in [0.29, 0.717) is 23.3 Å². The number of fused-ring (bicyclic) bond motifs is 1. The molecule has 0 aliphatic carbocycles. The lowest BCUT2D eigenvalue weighted by Crippen LogP contribution is -2.35. The van der Waals surface area contributed by atoms with Gasteiger partial charge in [-0.2, -0.15) is 0 Å². The molecule has 1 aliphatic heterocycles. The molecule has 1 aromatic carbocycles. The number of hydrogen-bond acceptors (Lipinski definition) is 6. The largest absolute Gasteiger partial charge is 0.497 e. The van der Waals surface area contributed by atoms with Crippen molar-refractivity contribution in [3.05, 3.63) is 39.7 Å². The van der Waals surface area contributed by atoms with Gasteiger partial charge >= 0.3 is 5.63 Å². The molecule has 1 atom stereocenters. The lowest BCUT2D eigenvalue weighted by Gasteiger charge is -2.12. The molecular formula is C18H21NO6S. The summed E-state index contributed by atoms with van der Waals surface area (Å²) < 4.78 is 33.4. The maximum Gasteiger partial charge on any atom is 0.339 e. The van der Waals surface area contributed by atoms with Crippen LogP contribution in [0, 0.1) is 6.92 Å². The zero-order valence-electron chi connectivity index (χ0n) is 14.7. The zero-order chi connectivity index (χ0) is 18.9. The average molecular weight is 379 g/mol. The number of methoxy groups -OCH3 is 1. The summed E-state index contributed by atoms with van der Waals surface area (Å²) in [4.78, 5) is 24.4. The van der Waals surface area contributed by atoms with Crippen molar-refractivity contribution in [2.24, 2.45) is 0 Å². The highest BCUT2D eigenvalue weighted by molar-refractivity contribution is 7.91. The second-order valence-corrected chi connectivity index (χ2v) is 8.75. The van der Waals surface area contributed by atoms with Gasteiger partial charge in [0.05, 0.1) is 18.6 Å². The van der Waals surface area contributed by atoms with Crippen molar-refractivity contribution in [1.82, 2.24) is 5.32 Å². The van der Waals surface area contributed by atoms with Crippen LogP contribution in [-0.4, -0.2) is 39.0 Å². The van der Waals surface area contributed by atoms with Crippen LogP contribution < -0.4 is 15.7 Å². The Morgan fingerprint density at radius 2 is 2.15 bits per heavy atom. The Labute approximate surface area is 151 Å². The first-order chi connectivity index (χ1) is 12.3. The number of sulfone groups is 1. The van der Waals surface area contributed by atoms with E-state index in [1.54, 1.807) is 12.1 Å². The molecule has 2 aromatic rings. The zero-order valence-corrected chi connectivity index (χ0v) is 15.5. The summed E-state index contributed by atoms with van der Waals surface area (Å²) in [6.07, 6.45) is 0.776. The van der Waals surface area contributed by atoms with Crippen LogP contribution in [0.3, 0.4) is 0 Å². The van der Waals surface area contributed by atoms with Crippen LogP contribution in [0.15, 0.2) is 27.4 Å². The first-order valence-electron chi connectivity index (χ1n) is 8.39. The fourth-order valence-corrected chi connectivity index (χ4v) is 4.91.